The van der Waals surface area contributed by atoms with Crippen LogP contribution in [-0.2, 0) is 14.3 Å². The van der Waals surface area contributed by atoms with Crippen LogP contribution in [0.15, 0.2) is 12.2 Å². The third kappa shape index (κ3) is 4.56. The molecule has 11 heavy (non-hydrogen) atoms. The average Bonchev–Trinajstić information content (AvgIpc) is 1.86. The molecule has 0 aliphatic carbocycles. The van der Waals surface area contributed by atoms with Gasteiger partial charge in [0.05, 0.1) is 13.0 Å². The lowest BCUT2D eigenvalue weighted by atomic mass is 10.2. The van der Waals surface area contributed by atoms with Gasteiger partial charge in [0.25, 0.3) is 0 Å². The maximum Gasteiger partial charge on any atom is 0.333 e. The molecule has 0 aromatic carbocycles. The van der Waals surface area contributed by atoms with Crippen molar-refractivity contribution in [2.45, 2.75) is 13.3 Å². The lowest BCUT2D eigenvalue weighted by Crippen LogP contribution is -2.08. The summed E-state index contributed by atoms with van der Waals surface area (Å²) in [5.41, 5.74) is 0.0897. The predicted octanol–water partition coefficient (Wildman–Crippen LogP) is 1.26. The van der Waals surface area contributed by atoms with Crippen LogP contribution in [0.1, 0.15) is 13.3 Å². The minimum Gasteiger partial charge on any atom is -0.463 e. The first-order valence-corrected chi connectivity index (χ1v) is 3.49. The molecule has 0 aliphatic heterocycles. The van der Waals surface area contributed by atoms with Crippen molar-refractivity contribution in [3.05, 3.63) is 12.2 Å². The van der Waals surface area contributed by atoms with E-state index in [-0.39, 0.29) is 18.6 Å². The van der Waals surface area contributed by atoms with E-state index in [0.29, 0.717) is 0 Å². The minimum atomic E-state index is -0.608. The van der Waals surface area contributed by atoms with Crippen LogP contribution in [0.5, 0.6) is 0 Å². The lowest BCUT2D eigenvalue weighted by Gasteiger charge is -2.00. The fraction of sp³-hybridized carbons (Fsp3) is 0.429. The molecule has 0 saturated heterocycles. The highest BCUT2D eigenvalue weighted by Gasteiger charge is 2.10. The van der Waals surface area contributed by atoms with Crippen molar-refractivity contribution in [3.63, 3.8) is 0 Å². The smallest absolute Gasteiger partial charge is 0.333 e. The number of hydrogen-bond donors (Lipinski definition) is 0. The Kier molecular flexibility index (Phi) is 4.54. The Hall–Kier alpha value is -0.830. The number of esters is 1. The van der Waals surface area contributed by atoms with E-state index >= 15 is 0 Å². The highest BCUT2D eigenvalue weighted by molar-refractivity contribution is 6.64. The van der Waals surface area contributed by atoms with Crippen molar-refractivity contribution in [2.75, 3.05) is 6.61 Å². The summed E-state index contributed by atoms with van der Waals surface area (Å²) in [6.07, 6.45) is -0.152. The number of rotatable bonds is 4. The van der Waals surface area contributed by atoms with Crippen LogP contribution in [0.3, 0.4) is 0 Å². The van der Waals surface area contributed by atoms with Crippen LogP contribution < -0.4 is 0 Å². The Bertz CT molecular complexity index is 186. The van der Waals surface area contributed by atoms with Gasteiger partial charge in [0.15, 0.2) is 0 Å². The molecule has 0 amide bonds. The van der Waals surface area contributed by atoms with Crippen molar-refractivity contribution < 1.29 is 14.3 Å². The van der Waals surface area contributed by atoms with Crippen LogP contribution in [0, 0.1) is 0 Å². The second kappa shape index (κ2) is 4.91. The summed E-state index contributed by atoms with van der Waals surface area (Å²) in [4.78, 5) is 21.0. The molecule has 0 fully saturated rings. The van der Waals surface area contributed by atoms with Crippen LogP contribution in [-0.4, -0.2) is 17.8 Å². The summed E-state index contributed by atoms with van der Waals surface area (Å²) in [7, 11) is 0. The Labute approximate surface area is 70.0 Å². The zero-order chi connectivity index (χ0) is 8.85. The number of carbonyl (C=O) groups is 2. The maximum absolute atomic E-state index is 10.7. The Morgan fingerprint density at radius 3 is 2.45 bits per heavy atom. The van der Waals surface area contributed by atoms with E-state index in [1.807, 2.05) is 0 Å². The summed E-state index contributed by atoms with van der Waals surface area (Å²) in [5.74, 6) is -0.568. The van der Waals surface area contributed by atoms with Gasteiger partial charge in [-0.05, 0) is 18.5 Å². The maximum atomic E-state index is 10.7. The summed E-state index contributed by atoms with van der Waals surface area (Å²) in [6.45, 7) is 5.28. The van der Waals surface area contributed by atoms with E-state index in [0.717, 1.165) is 0 Å². The molecule has 3 nitrogen and oxygen atoms in total. The normalized spacial score (nSPS) is 8.91. The standard InChI is InChI=1S/C7H9ClO3/c1-3-11-7(10)5(2)4-6(8)9/h2-4H2,1H3. The molecule has 4 heteroatoms. The van der Waals surface area contributed by atoms with E-state index in [2.05, 4.69) is 11.3 Å². The second-order valence-electron chi connectivity index (χ2n) is 1.86. The van der Waals surface area contributed by atoms with E-state index in [1.54, 1.807) is 6.92 Å². The monoisotopic (exact) mass is 176 g/mol. The van der Waals surface area contributed by atoms with Gasteiger partial charge >= 0.3 is 5.97 Å². The molecular formula is C7H9ClO3. The van der Waals surface area contributed by atoms with Crippen molar-refractivity contribution >= 4 is 22.8 Å². The molecule has 0 aromatic heterocycles. The third-order valence-corrected chi connectivity index (χ3v) is 1.05. The molecule has 0 aliphatic rings. The van der Waals surface area contributed by atoms with Gasteiger partial charge in [-0.15, -0.1) is 0 Å². The molecular weight excluding hydrogens is 168 g/mol. The Balaban J connectivity index is 3.83. The molecule has 0 spiro atoms. The largest absolute Gasteiger partial charge is 0.463 e. The molecule has 0 radical (unpaired) electrons. The van der Waals surface area contributed by atoms with Crippen LogP contribution >= 0.6 is 11.6 Å². The fourth-order valence-electron chi connectivity index (χ4n) is 0.473. The summed E-state index contributed by atoms with van der Waals surface area (Å²) < 4.78 is 4.56. The van der Waals surface area contributed by atoms with Crippen molar-refractivity contribution in [1.29, 1.82) is 0 Å². The van der Waals surface area contributed by atoms with Gasteiger partial charge in [0, 0.05) is 5.57 Å². The van der Waals surface area contributed by atoms with Crippen molar-refractivity contribution in [2.24, 2.45) is 0 Å². The van der Waals surface area contributed by atoms with E-state index in [4.69, 9.17) is 11.6 Å². The van der Waals surface area contributed by atoms with Gasteiger partial charge in [-0.3, -0.25) is 4.79 Å². The van der Waals surface area contributed by atoms with Crippen LogP contribution in [0.2, 0.25) is 0 Å². The first kappa shape index (κ1) is 10.2. The predicted molar refractivity (Wildman–Crippen MR) is 41.3 cm³/mol. The quantitative estimate of drug-likeness (QED) is 0.368. The zero-order valence-electron chi connectivity index (χ0n) is 6.22. The van der Waals surface area contributed by atoms with E-state index in [9.17, 15) is 9.59 Å². The average molecular weight is 177 g/mol. The molecule has 0 unspecified atom stereocenters. The molecule has 62 valence electrons. The van der Waals surface area contributed by atoms with Gasteiger partial charge < -0.3 is 4.74 Å². The van der Waals surface area contributed by atoms with E-state index in [1.165, 1.54) is 0 Å². The van der Waals surface area contributed by atoms with Gasteiger partial charge in [-0.2, -0.15) is 0 Å². The second-order valence-corrected chi connectivity index (χ2v) is 2.28. The number of halogens is 1. The lowest BCUT2D eigenvalue weighted by molar-refractivity contribution is -0.139. The third-order valence-electron chi connectivity index (χ3n) is 0.916. The van der Waals surface area contributed by atoms with Crippen LogP contribution in [0.4, 0.5) is 0 Å². The fourth-order valence-corrected chi connectivity index (χ4v) is 0.634. The molecule has 0 atom stereocenters. The van der Waals surface area contributed by atoms with Gasteiger partial charge in [-0.25, -0.2) is 4.79 Å². The van der Waals surface area contributed by atoms with Gasteiger partial charge in [0.1, 0.15) is 0 Å². The number of carbonyl (C=O) groups excluding carboxylic acids is 2. The molecule has 0 aromatic rings. The molecule has 0 heterocycles. The Morgan fingerprint density at radius 2 is 2.09 bits per heavy atom. The highest BCUT2D eigenvalue weighted by atomic mass is 35.5. The molecule has 0 N–H and O–H groups in total. The molecule has 0 bridgehead atoms. The summed E-state index contributed by atoms with van der Waals surface area (Å²) in [5, 5.41) is -0.608. The highest BCUT2D eigenvalue weighted by Crippen LogP contribution is 2.03. The Morgan fingerprint density at radius 1 is 1.55 bits per heavy atom. The molecule has 0 saturated carbocycles. The summed E-state index contributed by atoms with van der Waals surface area (Å²) in [6, 6.07) is 0. The van der Waals surface area contributed by atoms with Crippen molar-refractivity contribution in [1.82, 2.24) is 0 Å². The topological polar surface area (TPSA) is 43.4 Å². The zero-order valence-corrected chi connectivity index (χ0v) is 6.98. The van der Waals surface area contributed by atoms with Gasteiger partial charge in [-0.1, -0.05) is 6.58 Å². The van der Waals surface area contributed by atoms with Gasteiger partial charge in [0.2, 0.25) is 5.24 Å². The van der Waals surface area contributed by atoms with E-state index < -0.39 is 11.2 Å². The SMILES string of the molecule is C=C(CC(=O)Cl)C(=O)OCC. The number of hydrogen-bond acceptors (Lipinski definition) is 3. The summed E-state index contributed by atoms with van der Waals surface area (Å²) >= 11 is 5.01. The van der Waals surface area contributed by atoms with Crippen molar-refractivity contribution in [3.8, 4) is 0 Å². The first-order valence-electron chi connectivity index (χ1n) is 3.11. The first-order chi connectivity index (χ1) is 5.07. The number of ether oxygens (including phenoxy) is 1. The molecule has 0 rings (SSSR count). The van der Waals surface area contributed by atoms with Crippen LogP contribution in [0.25, 0.3) is 0 Å². The minimum absolute atomic E-state index is 0.0897.